The Bertz CT molecular complexity index is 1150. The second-order valence-electron chi connectivity index (χ2n) is 8.31. The Morgan fingerprint density at radius 2 is 2.07 bits per heavy atom. The molecule has 7 heteroatoms. The van der Waals surface area contributed by atoms with Crippen LogP contribution in [0.15, 0.2) is 42.7 Å². The van der Waals surface area contributed by atoms with Gasteiger partial charge in [-0.3, -0.25) is 4.79 Å². The van der Waals surface area contributed by atoms with Gasteiger partial charge in [0.1, 0.15) is 12.1 Å². The first-order valence-corrected chi connectivity index (χ1v) is 10.3. The summed E-state index contributed by atoms with van der Waals surface area (Å²) in [6.07, 6.45) is 2.72. The number of nitrogens with zero attached hydrogens (tertiary/aromatic N) is 3. The number of aromatic nitrogens is 2. The van der Waals surface area contributed by atoms with Gasteiger partial charge in [0, 0.05) is 18.0 Å². The molecule has 5 nitrogen and oxygen atoms in total. The lowest BCUT2D eigenvalue weighted by Gasteiger charge is -2.68. The molecule has 2 fully saturated rings. The van der Waals surface area contributed by atoms with Gasteiger partial charge < -0.3 is 10.0 Å². The number of fused-ring (bicyclic) bond motifs is 2. The largest absolute Gasteiger partial charge is 0.481 e. The summed E-state index contributed by atoms with van der Waals surface area (Å²) in [5, 5.41) is 11.2. The van der Waals surface area contributed by atoms with Crippen molar-refractivity contribution in [3.05, 3.63) is 52.8 Å². The SMILES string of the molecule is CC12CC(CC(=O)O)C1N(c1ncnc3cccc(-c4ccc(Cl)c(Cl)c4)c13)C2. The Morgan fingerprint density at radius 1 is 1.24 bits per heavy atom. The van der Waals surface area contributed by atoms with Crippen molar-refractivity contribution in [3.63, 3.8) is 0 Å². The van der Waals surface area contributed by atoms with Gasteiger partial charge in [-0.1, -0.05) is 48.3 Å². The third kappa shape index (κ3) is 2.87. The molecule has 1 aromatic heterocycles. The molecule has 2 heterocycles. The fourth-order valence-electron chi connectivity index (χ4n) is 5.23. The highest BCUT2D eigenvalue weighted by Gasteiger charge is 2.62. The average molecular weight is 428 g/mol. The molecule has 0 spiro atoms. The molecule has 29 heavy (non-hydrogen) atoms. The Kier molecular flexibility index (Phi) is 4.23. The number of halogens is 2. The van der Waals surface area contributed by atoms with Crippen molar-refractivity contribution >= 4 is 45.9 Å². The van der Waals surface area contributed by atoms with E-state index in [4.69, 9.17) is 23.2 Å². The number of carboxylic acid groups (broad SMARTS) is 1. The summed E-state index contributed by atoms with van der Waals surface area (Å²) < 4.78 is 0. The molecule has 0 amide bonds. The van der Waals surface area contributed by atoms with E-state index >= 15 is 0 Å². The van der Waals surface area contributed by atoms with Crippen LogP contribution in [0.2, 0.25) is 10.0 Å². The van der Waals surface area contributed by atoms with E-state index in [1.54, 1.807) is 12.4 Å². The van der Waals surface area contributed by atoms with E-state index in [2.05, 4.69) is 21.8 Å². The maximum Gasteiger partial charge on any atom is 0.303 e. The van der Waals surface area contributed by atoms with E-state index in [1.807, 2.05) is 30.3 Å². The van der Waals surface area contributed by atoms with Gasteiger partial charge in [0.15, 0.2) is 0 Å². The number of aliphatic carboxylic acids is 1. The average Bonchev–Trinajstić information content (AvgIpc) is 2.67. The molecule has 2 aliphatic rings. The van der Waals surface area contributed by atoms with Crippen molar-refractivity contribution in [3.8, 4) is 11.1 Å². The minimum absolute atomic E-state index is 0.147. The number of hydrogen-bond acceptors (Lipinski definition) is 4. The quantitative estimate of drug-likeness (QED) is 0.612. The van der Waals surface area contributed by atoms with E-state index in [1.165, 1.54) is 0 Å². The summed E-state index contributed by atoms with van der Waals surface area (Å²) >= 11 is 12.4. The molecule has 5 rings (SSSR count). The van der Waals surface area contributed by atoms with Crippen LogP contribution in [0.5, 0.6) is 0 Å². The van der Waals surface area contributed by atoms with Crippen molar-refractivity contribution < 1.29 is 9.90 Å². The van der Waals surface area contributed by atoms with Gasteiger partial charge in [-0.25, -0.2) is 9.97 Å². The van der Waals surface area contributed by atoms with Crippen molar-refractivity contribution in [2.75, 3.05) is 11.4 Å². The molecule has 1 saturated heterocycles. The van der Waals surface area contributed by atoms with Crippen LogP contribution in [-0.4, -0.2) is 33.6 Å². The summed E-state index contributed by atoms with van der Waals surface area (Å²) in [6, 6.07) is 11.7. The van der Waals surface area contributed by atoms with Gasteiger partial charge >= 0.3 is 5.97 Å². The second-order valence-corrected chi connectivity index (χ2v) is 9.13. The summed E-state index contributed by atoms with van der Waals surface area (Å²) in [4.78, 5) is 22.6. The topological polar surface area (TPSA) is 66.3 Å². The molecule has 3 atom stereocenters. The highest BCUT2D eigenvalue weighted by Crippen LogP contribution is 2.59. The zero-order valence-electron chi connectivity index (χ0n) is 15.8. The highest BCUT2D eigenvalue weighted by atomic mass is 35.5. The molecule has 3 aromatic rings. The zero-order valence-corrected chi connectivity index (χ0v) is 17.3. The number of hydrogen-bond donors (Lipinski definition) is 1. The highest BCUT2D eigenvalue weighted by molar-refractivity contribution is 6.42. The van der Waals surface area contributed by atoms with E-state index in [9.17, 15) is 9.90 Å². The third-order valence-electron chi connectivity index (χ3n) is 6.34. The second kappa shape index (κ2) is 6.57. The van der Waals surface area contributed by atoms with Crippen molar-refractivity contribution in [2.45, 2.75) is 25.8 Å². The molecule has 148 valence electrons. The van der Waals surface area contributed by atoms with Crippen LogP contribution in [0.4, 0.5) is 5.82 Å². The van der Waals surface area contributed by atoms with Gasteiger partial charge in [-0.05, 0) is 41.7 Å². The van der Waals surface area contributed by atoms with Gasteiger partial charge in [-0.15, -0.1) is 0 Å². The molecule has 1 aliphatic heterocycles. The number of carboxylic acids is 1. The maximum atomic E-state index is 11.3. The van der Waals surface area contributed by atoms with E-state index in [-0.39, 0.29) is 23.8 Å². The lowest BCUT2D eigenvalue weighted by atomic mass is 9.51. The summed E-state index contributed by atoms with van der Waals surface area (Å²) in [7, 11) is 0. The van der Waals surface area contributed by atoms with Crippen LogP contribution < -0.4 is 4.90 Å². The lowest BCUT2D eigenvalue weighted by molar-refractivity contribution is -0.142. The van der Waals surface area contributed by atoms with E-state index in [0.717, 1.165) is 40.8 Å². The van der Waals surface area contributed by atoms with Crippen LogP contribution in [0.3, 0.4) is 0 Å². The Morgan fingerprint density at radius 3 is 2.79 bits per heavy atom. The van der Waals surface area contributed by atoms with Crippen LogP contribution in [0.1, 0.15) is 19.8 Å². The molecular weight excluding hydrogens is 409 g/mol. The first-order valence-electron chi connectivity index (χ1n) is 9.55. The predicted octanol–water partition coefficient (Wildman–Crippen LogP) is 5.29. The maximum absolute atomic E-state index is 11.3. The van der Waals surface area contributed by atoms with Crippen molar-refractivity contribution in [2.24, 2.45) is 11.3 Å². The van der Waals surface area contributed by atoms with Crippen LogP contribution >= 0.6 is 23.2 Å². The summed E-state index contributed by atoms with van der Waals surface area (Å²) in [6.45, 7) is 3.10. The summed E-state index contributed by atoms with van der Waals surface area (Å²) in [5.74, 6) is 0.260. The number of anilines is 1. The standard InChI is InChI=1S/C22H19Cl2N3O2/c1-22-9-13(8-18(28)29)20(22)27(10-22)21-19-14(3-2-4-17(19)25-11-26-21)12-5-6-15(23)16(24)7-12/h2-7,11,13,20H,8-10H2,1H3,(H,28,29). The van der Waals surface area contributed by atoms with Gasteiger partial charge in [0.25, 0.3) is 0 Å². The van der Waals surface area contributed by atoms with Gasteiger partial charge in [0.2, 0.25) is 0 Å². The predicted molar refractivity (Wildman–Crippen MR) is 115 cm³/mol. The van der Waals surface area contributed by atoms with E-state index in [0.29, 0.717) is 10.0 Å². The molecule has 0 radical (unpaired) electrons. The molecule has 0 bridgehead atoms. The van der Waals surface area contributed by atoms with Gasteiger partial charge in [-0.2, -0.15) is 0 Å². The minimum Gasteiger partial charge on any atom is -0.481 e. The number of benzene rings is 2. The Hall–Kier alpha value is -2.37. The molecular formula is C22H19Cl2N3O2. The zero-order chi connectivity index (χ0) is 20.3. The van der Waals surface area contributed by atoms with Crippen LogP contribution in [-0.2, 0) is 4.79 Å². The molecule has 1 N–H and O–H groups in total. The monoisotopic (exact) mass is 427 g/mol. The molecule has 2 aromatic carbocycles. The Balaban J connectivity index is 1.62. The fourth-order valence-corrected chi connectivity index (χ4v) is 5.53. The first kappa shape index (κ1) is 18.6. The molecule has 3 unspecified atom stereocenters. The minimum atomic E-state index is -0.743. The molecule has 1 saturated carbocycles. The van der Waals surface area contributed by atoms with Crippen molar-refractivity contribution in [1.29, 1.82) is 0 Å². The fraction of sp³-hybridized carbons (Fsp3) is 0.318. The smallest absolute Gasteiger partial charge is 0.303 e. The third-order valence-corrected chi connectivity index (χ3v) is 7.08. The Labute approximate surface area is 178 Å². The molecule has 1 aliphatic carbocycles. The van der Waals surface area contributed by atoms with E-state index < -0.39 is 5.97 Å². The first-order chi connectivity index (χ1) is 13.9. The van der Waals surface area contributed by atoms with Crippen LogP contribution in [0, 0.1) is 11.3 Å². The number of rotatable bonds is 4. The van der Waals surface area contributed by atoms with Crippen molar-refractivity contribution in [1.82, 2.24) is 9.97 Å². The summed E-state index contributed by atoms with van der Waals surface area (Å²) in [5.41, 5.74) is 2.94. The van der Waals surface area contributed by atoms with Gasteiger partial charge in [0.05, 0.1) is 27.4 Å². The number of carbonyl (C=O) groups is 1. The normalized spacial score (nSPS) is 25.3. The number of piperidine rings is 1. The lowest BCUT2D eigenvalue weighted by Crippen LogP contribution is -2.74. The van der Waals surface area contributed by atoms with Crippen LogP contribution in [0.25, 0.3) is 22.0 Å².